The highest BCUT2D eigenvalue weighted by Gasteiger charge is 2.32. The lowest BCUT2D eigenvalue weighted by Crippen LogP contribution is -2.51. The Hall–Kier alpha value is -2.62. The van der Waals surface area contributed by atoms with E-state index >= 15 is 0 Å². The molecule has 1 saturated heterocycles. The minimum Gasteiger partial charge on any atom is -0.475 e. The molecule has 0 bridgehead atoms. The molecule has 1 saturated carbocycles. The summed E-state index contributed by atoms with van der Waals surface area (Å²) in [5, 5.41) is 7.54. The van der Waals surface area contributed by atoms with Crippen LogP contribution in [0.4, 0.5) is 10.5 Å². The van der Waals surface area contributed by atoms with Gasteiger partial charge < -0.3 is 18.9 Å². The van der Waals surface area contributed by atoms with E-state index in [1.807, 2.05) is 41.2 Å². The fourth-order valence-electron chi connectivity index (χ4n) is 5.20. The van der Waals surface area contributed by atoms with Gasteiger partial charge in [0.25, 0.3) is 5.88 Å². The molecule has 198 valence electrons. The predicted molar refractivity (Wildman–Crippen MR) is 137 cm³/mol. The number of anilines is 1. The molecule has 0 spiro atoms. The molecule has 2 aromatic rings. The van der Waals surface area contributed by atoms with Gasteiger partial charge in [0, 0.05) is 39.3 Å². The van der Waals surface area contributed by atoms with Crippen LogP contribution >= 0.6 is 0 Å². The summed E-state index contributed by atoms with van der Waals surface area (Å²) in [5.74, 6) is 0.417. The molecule has 4 rings (SSSR count). The molecule has 2 fully saturated rings. The zero-order valence-electron chi connectivity index (χ0n) is 21.7. The first-order valence-electron chi connectivity index (χ1n) is 13.1. The number of carbonyl (C=O) groups is 1. The van der Waals surface area contributed by atoms with Crippen LogP contribution in [0.5, 0.6) is 5.88 Å². The van der Waals surface area contributed by atoms with Crippen molar-refractivity contribution in [3.63, 3.8) is 0 Å². The molecule has 9 heteroatoms. The van der Waals surface area contributed by atoms with Crippen LogP contribution in [0.2, 0.25) is 0 Å². The summed E-state index contributed by atoms with van der Waals surface area (Å²) in [6.07, 6.45) is 6.96. The summed E-state index contributed by atoms with van der Waals surface area (Å²) >= 11 is 0. The number of aromatic nitrogens is 2. The second kappa shape index (κ2) is 13.1. The molecule has 2 heterocycles. The van der Waals surface area contributed by atoms with Crippen LogP contribution < -0.4 is 10.1 Å². The van der Waals surface area contributed by atoms with Crippen molar-refractivity contribution in [2.24, 2.45) is 0 Å². The first-order chi connectivity index (χ1) is 17.5. The largest absolute Gasteiger partial charge is 0.475 e. The van der Waals surface area contributed by atoms with Crippen LogP contribution in [0.25, 0.3) is 0 Å². The summed E-state index contributed by atoms with van der Waals surface area (Å²) in [4.78, 5) is 15.1. The van der Waals surface area contributed by atoms with E-state index in [0.29, 0.717) is 30.8 Å². The van der Waals surface area contributed by atoms with Gasteiger partial charge in [-0.3, -0.25) is 14.9 Å². The second-order valence-corrected chi connectivity index (χ2v) is 9.88. The molecule has 1 aromatic heterocycles. The van der Waals surface area contributed by atoms with E-state index in [0.717, 1.165) is 50.8 Å². The number of hydrogen-bond acceptors (Lipinski definition) is 7. The van der Waals surface area contributed by atoms with Crippen LogP contribution in [-0.4, -0.2) is 72.4 Å². The number of amides is 1. The third-order valence-corrected chi connectivity index (χ3v) is 6.88. The van der Waals surface area contributed by atoms with Gasteiger partial charge in [0.05, 0.1) is 31.1 Å². The third-order valence-electron chi connectivity index (χ3n) is 6.88. The van der Waals surface area contributed by atoms with E-state index in [2.05, 4.69) is 24.1 Å². The van der Waals surface area contributed by atoms with Gasteiger partial charge in [-0.25, -0.2) is 4.79 Å². The van der Waals surface area contributed by atoms with Gasteiger partial charge in [0.15, 0.2) is 0 Å². The lowest BCUT2D eigenvalue weighted by atomic mass is 9.89. The first-order valence-corrected chi connectivity index (χ1v) is 13.1. The highest BCUT2D eigenvalue weighted by molar-refractivity contribution is 5.86. The average molecular weight is 501 g/mol. The summed E-state index contributed by atoms with van der Waals surface area (Å²) in [7, 11) is 1.67. The second-order valence-electron chi connectivity index (χ2n) is 9.88. The Labute approximate surface area is 214 Å². The Balaban J connectivity index is 1.36. The van der Waals surface area contributed by atoms with Crippen molar-refractivity contribution in [1.29, 1.82) is 0 Å². The molecule has 2 atom stereocenters. The molecule has 1 amide bonds. The summed E-state index contributed by atoms with van der Waals surface area (Å²) in [6.45, 7) is 7.58. The van der Waals surface area contributed by atoms with E-state index < -0.39 is 6.09 Å². The van der Waals surface area contributed by atoms with Crippen LogP contribution in [0, 0.1) is 0 Å². The van der Waals surface area contributed by atoms with Crippen LogP contribution in [0.1, 0.15) is 57.6 Å². The van der Waals surface area contributed by atoms with E-state index in [-0.39, 0.29) is 24.9 Å². The maximum Gasteiger partial charge on any atom is 0.412 e. The first kappa shape index (κ1) is 26.4. The highest BCUT2D eigenvalue weighted by Crippen LogP contribution is 2.34. The third kappa shape index (κ3) is 7.44. The van der Waals surface area contributed by atoms with Gasteiger partial charge in [0.2, 0.25) is 0 Å². The summed E-state index contributed by atoms with van der Waals surface area (Å²) in [6, 6.07) is 10.5. The Morgan fingerprint density at radius 3 is 2.44 bits per heavy atom. The molecule has 1 aliphatic carbocycles. The molecular weight excluding hydrogens is 460 g/mol. The fourth-order valence-corrected chi connectivity index (χ4v) is 5.20. The van der Waals surface area contributed by atoms with E-state index in [9.17, 15) is 4.79 Å². The lowest BCUT2D eigenvalue weighted by Gasteiger charge is -2.42. The SMILES string of the molecule is COCCCOc1nn(C2CCC(N3C[C@@H](C)O[C@@H](C)C3)CC2)cc1NC(=O)OCc1ccccc1. The Morgan fingerprint density at radius 1 is 1.06 bits per heavy atom. The normalized spacial score (nSPS) is 24.9. The van der Waals surface area contributed by atoms with Gasteiger partial charge in [-0.05, 0) is 45.1 Å². The van der Waals surface area contributed by atoms with Crippen molar-refractivity contribution >= 4 is 11.8 Å². The molecular formula is C27H40N4O5. The number of carbonyl (C=O) groups excluding carboxylic acids is 1. The molecule has 9 nitrogen and oxygen atoms in total. The number of methoxy groups -OCH3 is 1. The zero-order valence-corrected chi connectivity index (χ0v) is 21.7. The van der Waals surface area contributed by atoms with Crippen molar-refractivity contribution in [2.45, 2.75) is 76.9 Å². The molecule has 2 aliphatic rings. The monoisotopic (exact) mass is 500 g/mol. The van der Waals surface area contributed by atoms with Crippen LogP contribution in [0.15, 0.2) is 36.5 Å². The van der Waals surface area contributed by atoms with Gasteiger partial charge in [0.1, 0.15) is 12.3 Å². The van der Waals surface area contributed by atoms with Crippen molar-refractivity contribution in [3.8, 4) is 5.88 Å². The van der Waals surface area contributed by atoms with Crippen molar-refractivity contribution in [3.05, 3.63) is 42.1 Å². The fraction of sp³-hybridized carbons (Fsp3) is 0.630. The number of morpholine rings is 1. The maximum absolute atomic E-state index is 12.5. The van der Waals surface area contributed by atoms with Gasteiger partial charge >= 0.3 is 6.09 Å². The average Bonchev–Trinajstić information content (AvgIpc) is 3.28. The standard InChI is InChI=1S/C27H40N4O5/c1-20-16-30(17-21(2)36-20)23-10-12-24(13-11-23)31-18-25(26(29-31)34-15-7-14-33-3)28-27(32)35-19-22-8-5-4-6-9-22/h4-6,8-9,18,20-21,23-24H,7,10-17,19H2,1-3H3,(H,28,32)/t20-,21+,23?,24?. The van der Waals surface area contributed by atoms with Crippen molar-refractivity contribution in [1.82, 2.24) is 14.7 Å². The van der Waals surface area contributed by atoms with E-state index in [1.54, 1.807) is 7.11 Å². The molecule has 1 N–H and O–H groups in total. The Morgan fingerprint density at radius 2 is 1.75 bits per heavy atom. The Bertz CT molecular complexity index is 935. The minimum absolute atomic E-state index is 0.202. The van der Waals surface area contributed by atoms with E-state index in [1.165, 1.54) is 0 Å². The smallest absolute Gasteiger partial charge is 0.412 e. The molecule has 1 aromatic carbocycles. The quantitative estimate of drug-likeness (QED) is 0.476. The topological polar surface area (TPSA) is 87.1 Å². The lowest BCUT2D eigenvalue weighted by molar-refractivity contribution is -0.0852. The van der Waals surface area contributed by atoms with Gasteiger partial charge in [-0.2, -0.15) is 0 Å². The molecule has 1 aliphatic heterocycles. The maximum atomic E-state index is 12.5. The Kier molecular flexibility index (Phi) is 9.60. The number of benzene rings is 1. The number of ether oxygens (including phenoxy) is 4. The van der Waals surface area contributed by atoms with Crippen LogP contribution in [0.3, 0.4) is 0 Å². The highest BCUT2D eigenvalue weighted by atomic mass is 16.5. The molecule has 0 unspecified atom stereocenters. The molecule has 36 heavy (non-hydrogen) atoms. The molecule has 0 radical (unpaired) electrons. The zero-order chi connectivity index (χ0) is 25.3. The number of nitrogens with one attached hydrogen (secondary N) is 1. The summed E-state index contributed by atoms with van der Waals surface area (Å²) in [5.41, 5.74) is 1.46. The van der Waals surface area contributed by atoms with Crippen molar-refractivity contribution in [2.75, 3.05) is 38.7 Å². The van der Waals surface area contributed by atoms with Crippen LogP contribution in [-0.2, 0) is 20.8 Å². The number of hydrogen-bond donors (Lipinski definition) is 1. The van der Waals surface area contributed by atoms with Gasteiger partial charge in [-0.15, -0.1) is 5.10 Å². The number of rotatable bonds is 10. The minimum atomic E-state index is -0.528. The summed E-state index contributed by atoms with van der Waals surface area (Å²) < 4.78 is 24.3. The number of nitrogens with zero attached hydrogens (tertiary/aromatic N) is 3. The van der Waals surface area contributed by atoms with Gasteiger partial charge in [-0.1, -0.05) is 30.3 Å². The van der Waals surface area contributed by atoms with E-state index in [4.69, 9.17) is 24.0 Å². The predicted octanol–water partition coefficient (Wildman–Crippen LogP) is 4.64. The van der Waals surface area contributed by atoms with Crippen molar-refractivity contribution < 1.29 is 23.7 Å².